The Morgan fingerprint density at radius 2 is 1.11 bits per heavy atom. The van der Waals surface area contributed by atoms with E-state index in [9.17, 15) is 19.8 Å². The van der Waals surface area contributed by atoms with Crippen molar-refractivity contribution < 1.29 is 19.8 Å². The van der Waals surface area contributed by atoms with E-state index in [1.165, 1.54) is 0 Å². The normalized spacial score (nSPS) is 9.44. The third kappa shape index (κ3) is 24.2. The lowest BCUT2D eigenvalue weighted by molar-refractivity contribution is -0.315. The maximum Gasteiger partial charge on any atom is 0.0418 e. The highest BCUT2D eigenvalue weighted by Gasteiger charge is 1.85. The molecule has 0 saturated carbocycles. The summed E-state index contributed by atoms with van der Waals surface area (Å²) in [5.74, 6) is -2.73. The van der Waals surface area contributed by atoms with Crippen molar-refractivity contribution in [2.45, 2.75) is 12.8 Å². The maximum absolute atomic E-state index is 9.50. The average Bonchev–Trinajstić information content (AvgIpc) is 2.32. The predicted octanol–water partition coefficient (Wildman–Crippen LogP) is -4.65. The van der Waals surface area contributed by atoms with Crippen molar-refractivity contribution in [3.8, 4) is 0 Å². The number of hydrogen-bond acceptors (Lipinski definition) is 8. The summed E-state index contributed by atoms with van der Waals surface area (Å²) >= 11 is 0. The predicted molar refractivity (Wildman–Crippen MR) is 63.1 cm³/mol. The third-order valence-electron chi connectivity index (χ3n) is 1.65. The van der Waals surface area contributed by atoms with Gasteiger partial charge in [0, 0.05) is 51.2 Å². The van der Waals surface area contributed by atoms with E-state index in [0.717, 1.165) is 26.2 Å². The number of aliphatic carboxylic acids is 2. The first-order chi connectivity index (χ1) is 8.54. The molecule has 0 aliphatic heterocycles. The van der Waals surface area contributed by atoms with Crippen LogP contribution in [0.15, 0.2) is 0 Å². The number of hydrogen-bond donors (Lipinski definition) is 4. The third-order valence-corrected chi connectivity index (χ3v) is 1.65. The molecule has 6 N–H and O–H groups in total. The zero-order valence-corrected chi connectivity index (χ0v) is 10.4. The summed E-state index contributed by atoms with van der Waals surface area (Å²) in [4.78, 5) is 19.0. The van der Waals surface area contributed by atoms with Crippen LogP contribution in [0.5, 0.6) is 0 Å². The van der Waals surface area contributed by atoms with Crippen LogP contribution >= 0.6 is 0 Å². The van der Waals surface area contributed by atoms with Gasteiger partial charge in [0.25, 0.3) is 0 Å². The molecule has 0 heterocycles. The van der Waals surface area contributed by atoms with E-state index >= 15 is 0 Å². The van der Waals surface area contributed by atoms with Crippen LogP contribution in [0, 0.1) is 0 Å². The van der Waals surface area contributed by atoms with Gasteiger partial charge in [-0.15, -0.1) is 0 Å². The Bertz CT molecular complexity index is 192. The molecule has 8 heteroatoms. The van der Waals surface area contributed by atoms with Crippen LogP contribution in [0.1, 0.15) is 12.8 Å². The quantitative estimate of drug-likeness (QED) is 0.286. The Labute approximate surface area is 107 Å². The second-order valence-corrected chi connectivity index (χ2v) is 3.32. The lowest BCUT2D eigenvalue weighted by atomic mass is 10.3. The van der Waals surface area contributed by atoms with Gasteiger partial charge in [0.05, 0.1) is 0 Å². The highest BCUT2D eigenvalue weighted by molar-refractivity contribution is 5.72. The molecule has 0 unspecified atom stereocenters. The molecule has 0 aromatic carbocycles. The van der Waals surface area contributed by atoms with Gasteiger partial charge in [-0.1, -0.05) is 0 Å². The van der Waals surface area contributed by atoms with E-state index in [4.69, 9.17) is 11.5 Å². The topological polar surface area (TPSA) is 156 Å². The summed E-state index contributed by atoms with van der Waals surface area (Å²) < 4.78 is 0. The van der Waals surface area contributed by atoms with E-state index in [1.807, 2.05) is 0 Å². The highest BCUT2D eigenvalue weighted by Crippen LogP contribution is 1.81. The van der Waals surface area contributed by atoms with Crippen molar-refractivity contribution in [1.29, 1.82) is 0 Å². The van der Waals surface area contributed by atoms with Crippen LogP contribution < -0.4 is 32.3 Å². The molecule has 0 aliphatic carbocycles. The zero-order valence-electron chi connectivity index (χ0n) is 10.4. The van der Waals surface area contributed by atoms with Crippen molar-refractivity contribution in [3.05, 3.63) is 0 Å². The molecule has 0 bridgehead atoms. The van der Waals surface area contributed by atoms with E-state index in [2.05, 4.69) is 10.6 Å². The molecule has 0 fully saturated rings. The fourth-order valence-corrected chi connectivity index (χ4v) is 0.835. The minimum atomic E-state index is -1.37. The first-order valence-electron chi connectivity index (χ1n) is 5.75. The standard InChI is InChI=1S/C6H18N4.C4H6O4/c7-1-3-9-5-6-10-4-2-8;5-3(6)1-2-4(7)8/h9-10H,1-8H2;1-2H2,(H,5,6)(H,7,8)/p-2. The lowest BCUT2D eigenvalue weighted by Crippen LogP contribution is -2.32. The zero-order chi connectivity index (χ0) is 14.2. The van der Waals surface area contributed by atoms with Gasteiger partial charge in [-0.25, -0.2) is 0 Å². The fourth-order valence-electron chi connectivity index (χ4n) is 0.835. The summed E-state index contributed by atoms with van der Waals surface area (Å²) in [5.41, 5.74) is 10.5. The summed E-state index contributed by atoms with van der Waals surface area (Å²) in [5, 5.41) is 25.3. The molecule has 0 aromatic rings. The van der Waals surface area contributed by atoms with Gasteiger partial charge in [-0.3, -0.25) is 0 Å². The largest absolute Gasteiger partial charge is 0.550 e. The maximum atomic E-state index is 9.50. The Kier molecular flexibility index (Phi) is 16.8. The van der Waals surface area contributed by atoms with Gasteiger partial charge in [0.1, 0.15) is 0 Å². The van der Waals surface area contributed by atoms with Crippen molar-refractivity contribution >= 4 is 11.9 Å². The van der Waals surface area contributed by atoms with Crippen LogP contribution in [0.3, 0.4) is 0 Å². The SMILES string of the molecule is NCCNCCNCCN.O=C([O-])CCC(=O)[O-]. The van der Waals surface area contributed by atoms with E-state index in [1.54, 1.807) is 0 Å². The Morgan fingerprint density at radius 1 is 0.778 bits per heavy atom. The molecule has 18 heavy (non-hydrogen) atoms. The van der Waals surface area contributed by atoms with Gasteiger partial charge in [-0.2, -0.15) is 0 Å². The molecule has 0 spiro atoms. The molecular weight excluding hydrogens is 240 g/mol. The lowest BCUT2D eigenvalue weighted by Gasteiger charge is -2.03. The Balaban J connectivity index is 0. The molecule has 108 valence electrons. The van der Waals surface area contributed by atoms with Crippen molar-refractivity contribution in [2.75, 3.05) is 39.3 Å². The fraction of sp³-hybridized carbons (Fsp3) is 0.800. The van der Waals surface area contributed by atoms with Crippen LogP contribution in [0.2, 0.25) is 0 Å². The van der Waals surface area contributed by atoms with Gasteiger partial charge in [0.15, 0.2) is 0 Å². The van der Waals surface area contributed by atoms with Gasteiger partial charge in [0.2, 0.25) is 0 Å². The Morgan fingerprint density at radius 3 is 1.33 bits per heavy atom. The molecule has 0 rings (SSSR count). The molecule has 0 saturated heterocycles. The van der Waals surface area contributed by atoms with Crippen molar-refractivity contribution in [2.24, 2.45) is 11.5 Å². The van der Waals surface area contributed by atoms with Crippen LogP contribution in [-0.2, 0) is 9.59 Å². The Hall–Kier alpha value is -1.22. The number of carboxylic acids is 2. The number of carboxylic acid groups (broad SMARTS) is 2. The first-order valence-corrected chi connectivity index (χ1v) is 5.75. The van der Waals surface area contributed by atoms with E-state index < -0.39 is 24.8 Å². The summed E-state index contributed by atoms with van der Waals surface area (Å²) in [7, 11) is 0. The van der Waals surface area contributed by atoms with Gasteiger partial charge >= 0.3 is 0 Å². The van der Waals surface area contributed by atoms with Crippen LogP contribution in [0.4, 0.5) is 0 Å². The van der Waals surface area contributed by atoms with Crippen molar-refractivity contribution in [3.63, 3.8) is 0 Å². The number of nitrogens with one attached hydrogen (secondary N) is 2. The van der Waals surface area contributed by atoms with Gasteiger partial charge in [-0.05, 0) is 12.8 Å². The number of rotatable bonds is 10. The minimum Gasteiger partial charge on any atom is -0.550 e. The minimum absolute atomic E-state index is 0.470. The number of nitrogens with two attached hydrogens (primary N) is 2. The summed E-state index contributed by atoms with van der Waals surface area (Å²) in [6.45, 7) is 5.14. The first kappa shape index (κ1) is 19.1. The van der Waals surface area contributed by atoms with E-state index in [0.29, 0.717) is 13.1 Å². The monoisotopic (exact) mass is 262 g/mol. The average molecular weight is 262 g/mol. The molecular formula is C10H22N4O4-2. The molecule has 0 atom stereocenters. The van der Waals surface area contributed by atoms with Crippen LogP contribution in [0.25, 0.3) is 0 Å². The van der Waals surface area contributed by atoms with Crippen molar-refractivity contribution in [1.82, 2.24) is 10.6 Å². The molecule has 8 nitrogen and oxygen atoms in total. The molecule has 0 aromatic heterocycles. The highest BCUT2D eigenvalue weighted by atomic mass is 16.4. The molecule has 0 aliphatic rings. The number of carbonyl (C=O) groups is 2. The smallest absolute Gasteiger partial charge is 0.0418 e. The second kappa shape index (κ2) is 15.8. The van der Waals surface area contributed by atoms with Gasteiger partial charge < -0.3 is 41.9 Å². The van der Waals surface area contributed by atoms with Crippen LogP contribution in [-0.4, -0.2) is 51.2 Å². The van der Waals surface area contributed by atoms with E-state index in [-0.39, 0.29) is 0 Å². The summed E-state index contributed by atoms with van der Waals surface area (Å²) in [6.07, 6.45) is -0.940. The molecule has 0 amide bonds. The summed E-state index contributed by atoms with van der Waals surface area (Å²) in [6, 6.07) is 0. The number of carbonyl (C=O) groups excluding carboxylic acids is 2. The molecule has 0 radical (unpaired) electrons. The second-order valence-electron chi connectivity index (χ2n) is 3.32.